The van der Waals surface area contributed by atoms with Crippen molar-refractivity contribution < 1.29 is 5.11 Å². The lowest BCUT2D eigenvalue weighted by atomic mass is 10.0. The van der Waals surface area contributed by atoms with E-state index >= 15 is 0 Å². The fourth-order valence-electron chi connectivity index (χ4n) is 1.88. The van der Waals surface area contributed by atoms with Gasteiger partial charge in [-0.3, -0.25) is 4.98 Å². The molecule has 2 nitrogen and oxygen atoms in total. The number of aryl methyl sites for hydroxylation is 1. The summed E-state index contributed by atoms with van der Waals surface area (Å²) in [5, 5.41) is 10.6. The van der Waals surface area contributed by atoms with Crippen molar-refractivity contribution in [3.8, 4) is 0 Å². The second-order valence-electron chi connectivity index (χ2n) is 3.99. The zero-order chi connectivity index (χ0) is 10.8. The minimum absolute atomic E-state index is 0.310. The van der Waals surface area contributed by atoms with Gasteiger partial charge in [0.1, 0.15) is 0 Å². The molecule has 0 fully saturated rings. The number of aromatic nitrogens is 1. The molecule has 1 N–H and O–H groups in total. The van der Waals surface area contributed by atoms with Crippen LogP contribution in [-0.4, -0.2) is 16.2 Å². The highest BCUT2D eigenvalue weighted by atomic mass is 16.3. The molecule has 2 rings (SSSR count). The van der Waals surface area contributed by atoms with Crippen molar-refractivity contribution in [2.75, 3.05) is 0 Å². The van der Waals surface area contributed by atoms with E-state index in [-0.39, 0.29) is 6.10 Å². The quantitative estimate of drug-likeness (QED) is 0.809. The second-order valence-corrected chi connectivity index (χ2v) is 3.99. The van der Waals surface area contributed by atoms with E-state index in [0.29, 0.717) is 6.42 Å². The SMILES string of the molecule is Cc1cc(CC(C)O)c2ccccc2n1. The van der Waals surface area contributed by atoms with Crippen molar-refractivity contribution in [1.29, 1.82) is 0 Å². The van der Waals surface area contributed by atoms with Crippen LogP contribution in [0.15, 0.2) is 30.3 Å². The van der Waals surface area contributed by atoms with Gasteiger partial charge in [0, 0.05) is 11.1 Å². The molecule has 0 bridgehead atoms. The molecule has 2 aromatic rings. The van der Waals surface area contributed by atoms with Crippen molar-refractivity contribution in [3.63, 3.8) is 0 Å². The fourth-order valence-corrected chi connectivity index (χ4v) is 1.88. The molecule has 1 heterocycles. The van der Waals surface area contributed by atoms with Gasteiger partial charge in [-0.1, -0.05) is 18.2 Å². The molecule has 1 aromatic carbocycles. The van der Waals surface area contributed by atoms with E-state index in [4.69, 9.17) is 0 Å². The van der Waals surface area contributed by atoms with E-state index in [2.05, 4.69) is 17.1 Å². The Hall–Kier alpha value is -1.41. The molecule has 0 amide bonds. The molecule has 1 atom stereocenters. The molecule has 2 heteroatoms. The summed E-state index contributed by atoms with van der Waals surface area (Å²) in [4.78, 5) is 4.46. The lowest BCUT2D eigenvalue weighted by Gasteiger charge is -2.09. The van der Waals surface area contributed by atoms with Crippen molar-refractivity contribution in [2.45, 2.75) is 26.4 Å². The molecule has 0 radical (unpaired) electrons. The van der Waals surface area contributed by atoms with E-state index in [1.54, 1.807) is 0 Å². The summed E-state index contributed by atoms with van der Waals surface area (Å²) in [6.45, 7) is 3.79. The first-order valence-electron chi connectivity index (χ1n) is 5.20. The lowest BCUT2D eigenvalue weighted by molar-refractivity contribution is 0.196. The number of benzene rings is 1. The Bertz CT molecular complexity index is 477. The summed E-state index contributed by atoms with van der Waals surface area (Å²) < 4.78 is 0. The zero-order valence-corrected chi connectivity index (χ0v) is 9.07. The van der Waals surface area contributed by atoms with Gasteiger partial charge in [-0.15, -0.1) is 0 Å². The Labute approximate surface area is 89.6 Å². The van der Waals surface area contributed by atoms with Gasteiger partial charge < -0.3 is 5.11 Å². The van der Waals surface area contributed by atoms with E-state index in [9.17, 15) is 5.11 Å². The molecule has 0 aliphatic carbocycles. The van der Waals surface area contributed by atoms with Crippen LogP contribution in [0.25, 0.3) is 10.9 Å². The van der Waals surface area contributed by atoms with Crippen LogP contribution >= 0.6 is 0 Å². The summed E-state index contributed by atoms with van der Waals surface area (Å²) in [6, 6.07) is 10.1. The van der Waals surface area contributed by atoms with Gasteiger partial charge in [-0.2, -0.15) is 0 Å². The lowest BCUT2D eigenvalue weighted by Crippen LogP contribution is -2.05. The van der Waals surface area contributed by atoms with E-state index in [1.807, 2.05) is 32.0 Å². The predicted molar refractivity (Wildman–Crippen MR) is 61.9 cm³/mol. The van der Waals surface area contributed by atoms with Crippen LogP contribution in [0.5, 0.6) is 0 Å². The molecule has 15 heavy (non-hydrogen) atoms. The van der Waals surface area contributed by atoms with E-state index < -0.39 is 0 Å². The number of aliphatic hydroxyl groups excluding tert-OH is 1. The van der Waals surface area contributed by atoms with Crippen LogP contribution < -0.4 is 0 Å². The van der Waals surface area contributed by atoms with Crippen LogP contribution in [0.3, 0.4) is 0 Å². The molecule has 0 saturated carbocycles. The number of hydrogen-bond donors (Lipinski definition) is 1. The normalized spacial score (nSPS) is 13.0. The third kappa shape index (κ3) is 2.16. The standard InChI is InChI=1S/C13H15NO/c1-9-7-11(8-10(2)15)12-5-3-4-6-13(12)14-9/h3-7,10,15H,8H2,1-2H3. The van der Waals surface area contributed by atoms with Gasteiger partial charge in [0.2, 0.25) is 0 Å². The van der Waals surface area contributed by atoms with Crippen LogP contribution in [0.4, 0.5) is 0 Å². The Morgan fingerprint density at radius 1 is 1.33 bits per heavy atom. The number of aliphatic hydroxyl groups is 1. The van der Waals surface area contributed by atoms with Gasteiger partial charge in [0.25, 0.3) is 0 Å². The number of pyridine rings is 1. The number of rotatable bonds is 2. The van der Waals surface area contributed by atoms with Gasteiger partial charge in [0.15, 0.2) is 0 Å². The average Bonchev–Trinajstić information content (AvgIpc) is 2.16. The predicted octanol–water partition coefficient (Wildman–Crippen LogP) is 2.47. The maximum atomic E-state index is 9.44. The molecule has 0 saturated heterocycles. The first kappa shape index (κ1) is 10.1. The summed E-state index contributed by atoms with van der Waals surface area (Å²) in [5.74, 6) is 0. The van der Waals surface area contributed by atoms with Crippen LogP contribution in [0.1, 0.15) is 18.2 Å². The summed E-state index contributed by atoms with van der Waals surface area (Å²) in [6.07, 6.45) is 0.374. The van der Waals surface area contributed by atoms with Gasteiger partial charge in [-0.05, 0) is 38.0 Å². The van der Waals surface area contributed by atoms with Crippen LogP contribution in [0.2, 0.25) is 0 Å². The highest BCUT2D eigenvalue weighted by molar-refractivity contribution is 5.82. The van der Waals surface area contributed by atoms with Gasteiger partial charge in [-0.25, -0.2) is 0 Å². The first-order chi connectivity index (χ1) is 7.16. The largest absolute Gasteiger partial charge is 0.393 e. The van der Waals surface area contributed by atoms with E-state index in [0.717, 1.165) is 16.6 Å². The molecular formula is C13H15NO. The molecule has 1 aromatic heterocycles. The molecule has 0 spiro atoms. The molecule has 1 unspecified atom stereocenters. The van der Waals surface area contributed by atoms with E-state index in [1.165, 1.54) is 5.56 Å². The summed E-state index contributed by atoms with van der Waals surface area (Å²) in [5.41, 5.74) is 3.19. The maximum Gasteiger partial charge on any atom is 0.0707 e. The Balaban J connectivity index is 2.60. The second kappa shape index (κ2) is 3.99. The topological polar surface area (TPSA) is 33.1 Å². The van der Waals surface area contributed by atoms with Crippen LogP contribution in [-0.2, 0) is 6.42 Å². The highest BCUT2D eigenvalue weighted by Gasteiger charge is 2.05. The number of hydrogen-bond acceptors (Lipinski definition) is 2. The Morgan fingerprint density at radius 2 is 2.07 bits per heavy atom. The Kier molecular flexibility index (Phi) is 2.69. The van der Waals surface area contributed by atoms with Crippen LogP contribution in [0, 0.1) is 6.92 Å². The Morgan fingerprint density at radius 3 is 2.80 bits per heavy atom. The number of fused-ring (bicyclic) bond motifs is 1. The summed E-state index contributed by atoms with van der Waals surface area (Å²) in [7, 11) is 0. The van der Waals surface area contributed by atoms with Crippen molar-refractivity contribution in [1.82, 2.24) is 4.98 Å². The van der Waals surface area contributed by atoms with Gasteiger partial charge in [0.05, 0.1) is 11.6 Å². The van der Waals surface area contributed by atoms with Gasteiger partial charge >= 0.3 is 0 Å². The zero-order valence-electron chi connectivity index (χ0n) is 9.07. The van der Waals surface area contributed by atoms with Crippen molar-refractivity contribution in [3.05, 3.63) is 41.6 Å². The monoisotopic (exact) mass is 201 g/mol. The molecule has 0 aliphatic heterocycles. The van der Waals surface area contributed by atoms with Crippen molar-refractivity contribution >= 4 is 10.9 Å². The first-order valence-corrected chi connectivity index (χ1v) is 5.20. The maximum absolute atomic E-state index is 9.44. The average molecular weight is 201 g/mol. The fraction of sp³-hybridized carbons (Fsp3) is 0.308. The highest BCUT2D eigenvalue weighted by Crippen LogP contribution is 2.19. The third-order valence-corrected chi connectivity index (χ3v) is 2.45. The molecule has 78 valence electrons. The van der Waals surface area contributed by atoms with Crippen molar-refractivity contribution in [2.24, 2.45) is 0 Å². The number of para-hydroxylation sites is 1. The minimum atomic E-state index is -0.310. The molecular weight excluding hydrogens is 186 g/mol. The molecule has 0 aliphatic rings. The number of nitrogens with zero attached hydrogens (tertiary/aromatic N) is 1. The smallest absolute Gasteiger partial charge is 0.0707 e. The minimum Gasteiger partial charge on any atom is -0.393 e. The third-order valence-electron chi connectivity index (χ3n) is 2.45. The summed E-state index contributed by atoms with van der Waals surface area (Å²) >= 11 is 0.